The Morgan fingerprint density at radius 2 is 1.79 bits per heavy atom. The molecule has 0 fully saturated rings. The summed E-state index contributed by atoms with van der Waals surface area (Å²) in [4.78, 5) is 28.8. The smallest absolute Gasteiger partial charge is 0.325 e. The molecule has 0 bridgehead atoms. The quantitative estimate of drug-likeness (QED) is 0.350. The van der Waals surface area contributed by atoms with E-state index in [4.69, 9.17) is 0 Å². The fourth-order valence-corrected chi connectivity index (χ4v) is 3.41. The van der Waals surface area contributed by atoms with Gasteiger partial charge in [0, 0.05) is 28.9 Å². The first-order valence-electron chi connectivity index (χ1n) is 9.56. The minimum atomic E-state index is -4.83. The van der Waals surface area contributed by atoms with Crippen LogP contribution < -0.4 is 10.9 Å². The number of pyridine rings is 2. The number of nitrogens with zero attached hydrogens (tertiary/aromatic N) is 2. The first kappa shape index (κ1) is 22.1. The normalized spacial score (nSPS) is 11.5. The SMILES string of the molecule is O=C(Cc1ccc(C(F)(F)F)c(F)c1)Nc1cccc2c(=O)n(-c3cccnc3F)ccc12. The van der Waals surface area contributed by atoms with Gasteiger partial charge in [-0.3, -0.25) is 14.2 Å². The van der Waals surface area contributed by atoms with Gasteiger partial charge in [0.15, 0.2) is 0 Å². The van der Waals surface area contributed by atoms with Gasteiger partial charge in [0.2, 0.25) is 11.9 Å². The largest absolute Gasteiger partial charge is 0.419 e. The summed E-state index contributed by atoms with van der Waals surface area (Å²) in [5, 5.41) is 3.14. The Morgan fingerprint density at radius 3 is 2.48 bits per heavy atom. The van der Waals surface area contributed by atoms with Crippen molar-refractivity contribution >= 4 is 22.4 Å². The Kier molecular flexibility index (Phi) is 5.67. The van der Waals surface area contributed by atoms with E-state index in [1.165, 1.54) is 48.8 Å². The first-order chi connectivity index (χ1) is 15.6. The molecule has 0 atom stereocenters. The molecular formula is C23H14F5N3O2. The number of rotatable bonds is 4. The Bertz CT molecular complexity index is 1430. The summed E-state index contributed by atoms with van der Waals surface area (Å²) in [6.45, 7) is 0. The van der Waals surface area contributed by atoms with Crippen molar-refractivity contribution in [2.75, 3.05) is 5.32 Å². The fourth-order valence-electron chi connectivity index (χ4n) is 3.41. The number of nitrogens with one attached hydrogen (secondary N) is 1. The molecule has 1 amide bonds. The summed E-state index contributed by atoms with van der Waals surface area (Å²) in [7, 11) is 0. The average Bonchev–Trinajstić information content (AvgIpc) is 2.74. The molecule has 2 aromatic heterocycles. The monoisotopic (exact) mass is 459 g/mol. The molecule has 10 heteroatoms. The molecule has 2 heterocycles. The maximum absolute atomic E-state index is 14.0. The molecule has 0 radical (unpaired) electrons. The van der Waals surface area contributed by atoms with Crippen LogP contribution in [-0.4, -0.2) is 15.5 Å². The van der Waals surface area contributed by atoms with Crippen LogP contribution in [0.25, 0.3) is 16.5 Å². The first-order valence-corrected chi connectivity index (χ1v) is 9.56. The maximum atomic E-state index is 14.0. The van der Waals surface area contributed by atoms with Gasteiger partial charge >= 0.3 is 6.18 Å². The van der Waals surface area contributed by atoms with Gasteiger partial charge in [-0.05, 0) is 48.0 Å². The standard InChI is InChI=1S/C23H14F5N3O2/c24-17-11-13(6-7-16(17)23(26,27)28)12-20(32)30-18-4-1-3-15-14(18)8-10-31(22(15)33)19-5-2-9-29-21(19)25/h1-11H,12H2,(H,30,32). The third-order valence-corrected chi connectivity index (χ3v) is 4.92. The number of halogens is 5. The average molecular weight is 459 g/mol. The molecule has 0 aliphatic heterocycles. The Balaban J connectivity index is 1.61. The van der Waals surface area contributed by atoms with E-state index in [1.54, 1.807) is 0 Å². The van der Waals surface area contributed by atoms with Crippen molar-refractivity contribution in [2.24, 2.45) is 0 Å². The van der Waals surface area contributed by atoms with Gasteiger partial charge in [0.25, 0.3) is 5.56 Å². The molecular weight excluding hydrogens is 445 g/mol. The number of carbonyl (C=O) groups is 1. The summed E-state index contributed by atoms with van der Waals surface area (Å²) >= 11 is 0. The third-order valence-electron chi connectivity index (χ3n) is 4.92. The molecule has 1 N–H and O–H groups in total. The third kappa shape index (κ3) is 4.45. The second-order valence-corrected chi connectivity index (χ2v) is 7.11. The maximum Gasteiger partial charge on any atom is 0.419 e. The zero-order chi connectivity index (χ0) is 23.8. The van der Waals surface area contributed by atoms with Gasteiger partial charge in [-0.25, -0.2) is 9.37 Å². The van der Waals surface area contributed by atoms with Crippen LogP contribution in [0, 0.1) is 11.8 Å². The van der Waals surface area contributed by atoms with Crippen molar-refractivity contribution in [3.63, 3.8) is 0 Å². The summed E-state index contributed by atoms with van der Waals surface area (Å²) in [6.07, 6.45) is -2.63. The number of amides is 1. The Hall–Kier alpha value is -4.08. The number of alkyl halides is 3. The summed E-state index contributed by atoms with van der Waals surface area (Å²) in [5.41, 5.74) is -1.68. The molecule has 0 aliphatic rings. The number of aromatic nitrogens is 2. The topological polar surface area (TPSA) is 64.0 Å². The van der Waals surface area contributed by atoms with E-state index in [1.807, 2.05) is 0 Å². The van der Waals surface area contributed by atoms with E-state index >= 15 is 0 Å². The van der Waals surface area contributed by atoms with Crippen LogP contribution in [0.3, 0.4) is 0 Å². The van der Waals surface area contributed by atoms with Crippen molar-refractivity contribution in [1.82, 2.24) is 9.55 Å². The molecule has 33 heavy (non-hydrogen) atoms. The van der Waals surface area contributed by atoms with Gasteiger partial charge in [-0.2, -0.15) is 17.6 Å². The van der Waals surface area contributed by atoms with Crippen molar-refractivity contribution in [2.45, 2.75) is 12.6 Å². The molecule has 4 rings (SSSR count). The highest BCUT2D eigenvalue weighted by molar-refractivity contribution is 6.02. The van der Waals surface area contributed by atoms with Crippen molar-refractivity contribution < 1.29 is 26.7 Å². The van der Waals surface area contributed by atoms with Crippen LogP contribution in [0.5, 0.6) is 0 Å². The van der Waals surface area contributed by atoms with Gasteiger partial charge in [0.05, 0.1) is 12.0 Å². The lowest BCUT2D eigenvalue weighted by Crippen LogP contribution is -2.20. The van der Waals surface area contributed by atoms with Crippen LogP contribution in [0.4, 0.5) is 27.6 Å². The van der Waals surface area contributed by atoms with E-state index in [0.717, 1.165) is 10.6 Å². The predicted molar refractivity (Wildman–Crippen MR) is 111 cm³/mol. The van der Waals surface area contributed by atoms with Crippen LogP contribution >= 0.6 is 0 Å². The van der Waals surface area contributed by atoms with Crippen LogP contribution in [0.2, 0.25) is 0 Å². The van der Waals surface area contributed by atoms with Gasteiger partial charge in [0.1, 0.15) is 11.5 Å². The van der Waals surface area contributed by atoms with Gasteiger partial charge in [-0.1, -0.05) is 12.1 Å². The van der Waals surface area contributed by atoms with Crippen molar-refractivity contribution in [3.05, 3.63) is 100 Å². The minimum Gasteiger partial charge on any atom is -0.325 e. The van der Waals surface area contributed by atoms with E-state index in [-0.39, 0.29) is 28.7 Å². The fraction of sp³-hybridized carbons (Fsp3) is 0.0870. The molecule has 0 unspecified atom stereocenters. The second kappa shape index (κ2) is 8.45. The van der Waals surface area contributed by atoms with Gasteiger partial charge in [-0.15, -0.1) is 0 Å². The highest BCUT2D eigenvalue weighted by Gasteiger charge is 2.33. The van der Waals surface area contributed by atoms with E-state index in [0.29, 0.717) is 17.5 Å². The summed E-state index contributed by atoms with van der Waals surface area (Å²) in [6, 6.07) is 11.2. The lowest BCUT2D eigenvalue weighted by atomic mass is 10.1. The van der Waals surface area contributed by atoms with Crippen molar-refractivity contribution in [1.29, 1.82) is 0 Å². The number of anilines is 1. The van der Waals surface area contributed by atoms with E-state index in [2.05, 4.69) is 10.3 Å². The summed E-state index contributed by atoms with van der Waals surface area (Å²) < 4.78 is 67.0. The lowest BCUT2D eigenvalue weighted by Gasteiger charge is -2.12. The minimum absolute atomic E-state index is 0.0387. The van der Waals surface area contributed by atoms with Crippen molar-refractivity contribution in [3.8, 4) is 5.69 Å². The number of hydrogen-bond acceptors (Lipinski definition) is 3. The number of carbonyl (C=O) groups excluding carboxylic acids is 1. The van der Waals surface area contributed by atoms with E-state index in [9.17, 15) is 31.5 Å². The predicted octanol–water partition coefficient (Wildman–Crippen LogP) is 4.86. The Morgan fingerprint density at radius 1 is 1.00 bits per heavy atom. The van der Waals surface area contributed by atoms with Crippen LogP contribution in [0.1, 0.15) is 11.1 Å². The second-order valence-electron chi connectivity index (χ2n) is 7.11. The zero-order valence-electron chi connectivity index (χ0n) is 16.7. The highest BCUT2D eigenvalue weighted by Crippen LogP contribution is 2.31. The lowest BCUT2D eigenvalue weighted by molar-refractivity contribution is -0.140. The van der Waals surface area contributed by atoms with Crippen LogP contribution in [0.15, 0.2) is 71.8 Å². The molecule has 0 saturated heterocycles. The number of hydrogen-bond donors (Lipinski definition) is 1. The molecule has 4 aromatic rings. The Labute approximate surface area is 183 Å². The molecule has 168 valence electrons. The molecule has 0 aliphatic carbocycles. The zero-order valence-corrected chi connectivity index (χ0v) is 16.7. The number of fused-ring (bicyclic) bond motifs is 1. The molecule has 0 spiro atoms. The molecule has 2 aromatic carbocycles. The molecule has 0 saturated carbocycles. The van der Waals surface area contributed by atoms with Gasteiger partial charge < -0.3 is 5.32 Å². The number of benzene rings is 2. The van der Waals surface area contributed by atoms with Crippen LogP contribution in [-0.2, 0) is 17.4 Å². The summed E-state index contributed by atoms with van der Waals surface area (Å²) in [5.74, 6) is -2.92. The van der Waals surface area contributed by atoms with E-state index < -0.39 is 35.0 Å². The highest BCUT2D eigenvalue weighted by atomic mass is 19.4. The molecule has 5 nitrogen and oxygen atoms in total.